The Labute approximate surface area is 211 Å². The molecule has 2 aliphatic rings. The molecule has 1 N–H and O–H groups in total. The molecule has 2 unspecified atom stereocenters. The zero-order valence-corrected chi connectivity index (χ0v) is 20.2. The molecule has 1 aliphatic carbocycles. The number of ether oxygens (including phenoxy) is 2. The van der Waals surface area contributed by atoms with Crippen LogP contribution in [0.3, 0.4) is 0 Å². The van der Waals surface area contributed by atoms with Gasteiger partial charge in [0.25, 0.3) is 0 Å². The molecule has 5 rings (SSSR count). The van der Waals surface area contributed by atoms with Crippen molar-refractivity contribution in [3.05, 3.63) is 99.4 Å². The minimum Gasteiger partial charge on any atom is -0.486 e. The van der Waals surface area contributed by atoms with Gasteiger partial charge in [-0.2, -0.15) is 4.39 Å². The molecule has 0 aromatic heterocycles. The lowest BCUT2D eigenvalue weighted by Gasteiger charge is -2.30. The maximum Gasteiger partial charge on any atom is 0.201 e. The molecule has 2 atom stereocenters. The van der Waals surface area contributed by atoms with E-state index in [0.717, 1.165) is 0 Å². The highest BCUT2D eigenvalue weighted by Gasteiger charge is 2.31. The third-order valence-corrected chi connectivity index (χ3v) is 7.42. The smallest absolute Gasteiger partial charge is 0.201 e. The molecule has 0 bridgehead atoms. The van der Waals surface area contributed by atoms with Crippen LogP contribution in [0.1, 0.15) is 84.5 Å². The Morgan fingerprint density at radius 1 is 0.811 bits per heavy atom. The minimum atomic E-state index is -1.10. The van der Waals surface area contributed by atoms with Crippen molar-refractivity contribution in [2.45, 2.75) is 63.3 Å². The Morgan fingerprint density at radius 2 is 1.41 bits per heavy atom. The number of aliphatic hydroxyl groups excluding tert-OH is 1. The van der Waals surface area contributed by atoms with Crippen molar-refractivity contribution in [1.82, 2.24) is 0 Å². The van der Waals surface area contributed by atoms with Crippen molar-refractivity contribution < 1.29 is 36.5 Å². The number of aliphatic hydroxyl groups is 1. The van der Waals surface area contributed by atoms with Gasteiger partial charge in [0.15, 0.2) is 23.2 Å². The van der Waals surface area contributed by atoms with Gasteiger partial charge in [-0.05, 0) is 79.3 Å². The van der Waals surface area contributed by atoms with E-state index in [2.05, 4.69) is 0 Å². The summed E-state index contributed by atoms with van der Waals surface area (Å²) in [5.74, 6) is -4.97. The van der Waals surface area contributed by atoms with Crippen molar-refractivity contribution in [3.63, 3.8) is 0 Å². The van der Waals surface area contributed by atoms with Gasteiger partial charge in [0.1, 0.15) is 18.5 Å². The van der Waals surface area contributed by atoms with E-state index in [9.17, 15) is 27.1 Å². The molecule has 8 heteroatoms. The zero-order chi connectivity index (χ0) is 26.3. The summed E-state index contributed by atoms with van der Waals surface area (Å²) < 4.78 is 82.8. The maximum absolute atomic E-state index is 15.0. The van der Waals surface area contributed by atoms with E-state index in [1.165, 1.54) is 37.3 Å². The van der Waals surface area contributed by atoms with Gasteiger partial charge in [0, 0.05) is 11.1 Å². The second kappa shape index (κ2) is 10.4. The Morgan fingerprint density at radius 3 is 2.03 bits per heavy atom. The van der Waals surface area contributed by atoms with Gasteiger partial charge in [-0.25, -0.2) is 17.6 Å². The van der Waals surface area contributed by atoms with E-state index < -0.39 is 41.3 Å². The molecule has 1 heterocycles. The van der Waals surface area contributed by atoms with Crippen LogP contribution in [-0.4, -0.2) is 11.7 Å². The number of hydrogen-bond donors (Lipinski definition) is 1. The van der Waals surface area contributed by atoms with Gasteiger partial charge in [0.05, 0.1) is 12.7 Å². The molecule has 0 spiro atoms. The Kier molecular flexibility index (Phi) is 7.23. The minimum absolute atomic E-state index is 0.0698. The van der Waals surface area contributed by atoms with Gasteiger partial charge >= 0.3 is 0 Å². The van der Waals surface area contributed by atoms with Crippen molar-refractivity contribution >= 4 is 0 Å². The summed E-state index contributed by atoms with van der Waals surface area (Å²) in [4.78, 5) is 0. The number of hydrogen-bond acceptors (Lipinski definition) is 3. The second-order valence-electron chi connectivity index (χ2n) is 9.84. The summed E-state index contributed by atoms with van der Waals surface area (Å²) in [5, 5.41) is 9.60. The first-order valence-corrected chi connectivity index (χ1v) is 12.4. The van der Waals surface area contributed by atoms with Gasteiger partial charge in [-0.3, -0.25) is 0 Å². The van der Waals surface area contributed by atoms with Crippen molar-refractivity contribution in [2.24, 2.45) is 0 Å². The summed E-state index contributed by atoms with van der Waals surface area (Å²) in [6.45, 7) is 1.61. The van der Waals surface area contributed by atoms with Crippen LogP contribution in [0.25, 0.3) is 0 Å². The predicted octanol–water partition coefficient (Wildman–Crippen LogP) is 7.53. The quantitative estimate of drug-likeness (QED) is 0.260. The first kappa shape index (κ1) is 25.7. The SMILES string of the molecule is CC(O)c1ccc(C2CCC(c3ccc(COc4ccc(C5CO5)c(F)c4F)cc3F)CC2)c(F)c1F. The molecule has 1 saturated heterocycles. The highest BCUT2D eigenvalue weighted by Crippen LogP contribution is 2.43. The predicted molar refractivity (Wildman–Crippen MR) is 127 cm³/mol. The number of rotatable bonds is 7. The third-order valence-electron chi connectivity index (χ3n) is 7.42. The second-order valence-corrected chi connectivity index (χ2v) is 9.84. The third kappa shape index (κ3) is 5.22. The van der Waals surface area contributed by atoms with Crippen molar-refractivity contribution in [3.8, 4) is 5.75 Å². The molecule has 1 saturated carbocycles. The van der Waals surface area contributed by atoms with E-state index in [1.54, 1.807) is 12.1 Å². The van der Waals surface area contributed by atoms with Gasteiger partial charge in [-0.1, -0.05) is 24.3 Å². The zero-order valence-electron chi connectivity index (χ0n) is 20.2. The van der Waals surface area contributed by atoms with E-state index in [4.69, 9.17) is 9.47 Å². The first-order valence-electron chi connectivity index (χ1n) is 12.4. The van der Waals surface area contributed by atoms with Crippen LogP contribution in [-0.2, 0) is 11.3 Å². The lowest BCUT2D eigenvalue weighted by molar-refractivity contribution is 0.192. The number of benzene rings is 3. The lowest BCUT2D eigenvalue weighted by Crippen LogP contribution is -2.15. The van der Waals surface area contributed by atoms with Crippen LogP contribution in [0.2, 0.25) is 0 Å². The van der Waals surface area contributed by atoms with Gasteiger partial charge in [0.2, 0.25) is 5.82 Å². The van der Waals surface area contributed by atoms with E-state index in [0.29, 0.717) is 43.4 Å². The molecule has 0 radical (unpaired) electrons. The van der Waals surface area contributed by atoms with Crippen LogP contribution in [0.5, 0.6) is 5.75 Å². The van der Waals surface area contributed by atoms with Crippen LogP contribution in [0.15, 0.2) is 42.5 Å². The fourth-order valence-electron chi connectivity index (χ4n) is 5.22. The van der Waals surface area contributed by atoms with Crippen molar-refractivity contribution in [2.75, 3.05) is 6.61 Å². The highest BCUT2D eigenvalue weighted by atomic mass is 19.2. The molecule has 196 valence electrons. The maximum atomic E-state index is 15.0. The first-order chi connectivity index (χ1) is 17.7. The average Bonchev–Trinajstić information content (AvgIpc) is 3.72. The summed E-state index contributed by atoms with van der Waals surface area (Å²) in [7, 11) is 0. The topological polar surface area (TPSA) is 42.0 Å². The van der Waals surface area contributed by atoms with Crippen LogP contribution < -0.4 is 4.74 Å². The van der Waals surface area contributed by atoms with E-state index in [-0.39, 0.29) is 40.9 Å². The highest BCUT2D eigenvalue weighted by molar-refractivity contribution is 5.35. The summed E-state index contributed by atoms with van der Waals surface area (Å²) in [6, 6.07) is 10.4. The lowest BCUT2D eigenvalue weighted by atomic mass is 9.75. The molecule has 1 aliphatic heterocycles. The molecule has 3 nitrogen and oxygen atoms in total. The number of epoxide rings is 1. The fourth-order valence-corrected chi connectivity index (χ4v) is 5.22. The van der Waals surface area contributed by atoms with Gasteiger partial charge < -0.3 is 14.6 Å². The normalized spacial score (nSPS) is 22.1. The largest absolute Gasteiger partial charge is 0.486 e. The molecule has 0 amide bonds. The monoisotopic (exact) mass is 518 g/mol. The van der Waals surface area contributed by atoms with Crippen LogP contribution in [0, 0.1) is 29.1 Å². The van der Waals surface area contributed by atoms with Crippen molar-refractivity contribution in [1.29, 1.82) is 0 Å². The van der Waals surface area contributed by atoms with Gasteiger partial charge in [-0.15, -0.1) is 0 Å². The Bertz CT molecular complexity index is 1300. The standard InChI is InChI=1S/C29H27F5O3/c1-15(35)19-8-9-21(27(32)26(19)31)18-5-3-17(4-6-18)20-7-2-16(12-23(20)30)13-36-24-11-10-22(25-14-37-25)28(33)29(24)34/h2,7-12,15,17-18,25,35H,3-6,13-14H2,1H3. The molecular weight excluding hydrogens is 491 g/mol. The number of halogens is 5. The van der Waals surface area contributed by atoms with E-state index in [1.807, 2.05) is 0 Å². The van der Waals surface area contributed by atoms with Crippen LogP contribution >= 0.6 is 0 Å². The summed E-state index contributed by atoms with van der Waals surface area (Å²) in [6.07, 6.45) is 0.851. The summed E-state index contributed by atoms with van der Waals surface area (Å²) >= 11 is 0. The average molecular weight is 519 g/mol. The molecule has 37 heavy (non-hydrogen) atoms. The Balaban J connectivity index is 1.21. The summed E-state index contributed by atoms with van der Waals surface area (Å²) in [5.41, 5.74) is 1.37. The molecule has 3 aromatic rings. The van der Waals surface area contributed by atoms with Crippen LogP contribution in [0.4, 0.5) is 22.0 Å². The molecule has 3 aromatic carbocycles. The molecule has 2 fully saturated rings. The molecular formula is C29H27F5O3. The van der Waals surface area contributed by atoms with E-state index >= 15 is 0 Å². The Hall–Kier alpha value is -2.97. The fraction of sp³-hybridized carbons (Fsp3) is 0.379.